The summed E-state index contributed by atoms with van der Waals surface area (Å²) in [5.74, 6) is -0.0000667. The van der Waals surface area contributed by atoms with E-state index in [1.807, 2.05) is 13.0 Å². The maximum atomic E-state index is 12.1. The largest absolute Gasteiger partial charge is 0.304 e. The van der Waals surface area contributed by atoms with Crippen LogP contribution in [0.5, 0.6) is 0 Å². The molecular weight excluding hydrogens is 373 g/mol. The molecule has 6 nitrogen and oxygen atoms in total. The standard InChI is InChI=1S/C15H12Cl3N5O/c1-8-4-13(20-15(24)14-12(18)6-19-21-14)22-23(8)7-9-2-3-10(16)5-11(9)17/h2-6H,7H2,1H3,(H,19,21)(H,20,22,24). The summed E-state index contributed by atoms with van der Waals surface area (Å²) in [4.78, 5) is 12.1. The van der Waals surface area contributed by atoms with Crippen LogP contribution in [-0.4, -0.2) is 25.9 Å². The van der Waals surface area contributed by atoms with Crippen molar-refractivity contribution in [3.63, 3.8) is 0 Å². The molecule has 0 fully saturated rings. The topological polar surface area (TPSA) is 75.6 Å². The summed E-state index contributed by atoms with van der Waals surface area (Å²) < 4.78 is 1.74. The molecule has 2 aromatic heterocycles. The number of amides is 1. The minimum atomic E-state index is -0.410. The minimum absolute atomic E-state index is 0.185. The number of aromatic amines is 1. The number of nitrogens with zero attached hydrogens (tertiary/aromatic N) is 3. The van der Waals surface area contributed by atoms with Gasteiger partial charge in [0.2, 0.25) is 0 Å². The Balaban J connectivity index is 1.78. The quantitative estimate of drug-likeness (QED) is 0.708. The number of carbonyl (C=O) groups is 1. The fourth-order valence-electron chi connectivity index (χ4n) is 2.15. The molecule has 2 heterocycles. The van der Waals surface area contributed by atoms with Crippen LogP contribution in [0.15, 0.2) is 30.5 Å². The lowest BCUT2D eigenvalue weighted by Crippen LogP contribution is -2.14. The van der Waals surface area contributed by atoms with Gasteiger partial charge in [0.15, 0.2) is 5.82 Å². The molecule has 0 aliphatic heterocycles. The van der Waals surface area contributed by atoms with Gasteiger partial charge in [-0.05, 0) is 24.6 Å². The summed E-state index contributed by atoms with van der Waals surface area (Å²) >= 11 is 18.0. The van der Waals surface area contributed by atoms with Crippen LogP contribution in [-0.2, 0) is 6.54 Å². The number of aryl methyl sites for hydroxylation is 1. The third kappa shape index (κ3) is 3.56. The van der Waals surface area contributed by atoms with E-state index >= 15 is 0 Å². The molecule has 0 saturated heterocycles. The number of halogens is 3. The number of benzene rings is 1. The number of H-pyrrole nitrogens is 1. The van der Waals surface area contributed by atoms with Gasteiger partial charge >= 0.3 is 0 Å². The first kappa shape index (κ1) is 16.8. The average Bonchev–Trinajstić information content (AvgIpc) is 3.08. The molecule has 0 aliphatic carbocycles. The van der Waals surface area contributed by atoms with Crippen molar-refractivity contribution in [2.24, 2.45) is 0 Å². The molecule has 2 N–H and O–H groups in total. The number of hydrogen-bond donors (Lipinski definition) is 2. The van der Waals surface area contributed by atoms with Crippen molar-refractivity contribution < 1.29 is 4.79 Å². The fraction of sp³-hybridized carbons (Fsp3) is 0.133. The fourth-order valence-corrected chi connectivity index (χ4v) is 2.80. The third-order valence-electron chi connectivity index (χ3n) is 3.38. The van der Waals surface area contributed by atoms with Gasteiger partial charge in [0.1, 0.15) is 5.69 Å². The molecule has 24 heavy (non-hydrogen) atoms. The van der Waals surface area contributed by atoms with E-state index < -0.39 is 5.91 Å². The summed E-state index contributed by atoms with van der Waals surface area (Å²) in [6.45, 7) is 2.35. The van der Waals surface area contributed by atoms with E-state index in [0.29, 0.717) is 22.4 Å². The second-order valence-electron chi connectivity index (χ2n) is 5.11. The smallest absolute Gasteiger partial charge is 0.276 e. The van der Waals surface area contributed by atoms with Crippen LogP contribution in [0.3, 0.4) is 0 Å². The highest BCUT2D eigenvalue weighted by molar-refractivity contribution is 6.35. The van der Waals surface area contributed by atoms with E-state index in [2.05, 4.69) is 20.6 Å². The number of nitrogens with one attached hydrogen (secondary N) is 2. The van der Waals surface area contributed by atoms with Gasteiger partial charge in [-0.2, -0.15) is 10.2 Å². The summed E-state index contributed by atoms with van der Waals surface area (Å²) in [5, 5.41) is 14.7. The highest BCUT2D eigenvalue weighted by Gasteiger charge is 2.15. The lowest BCUT2D eigenvalue weighted by atomic mass is 10.2. The van der Waals surface area contributed by atoms with Crippen molar-refractivity contribution in [2.75, 3.05) is 5.32 Å². The molecule has 1 aromatic carbocycles. The number of anilines is 1. The number of hydrogen-bond acceptors (Lipinski definition) is 3. The van der Waals surface area contributed by atoms with E-state index in [0.717, 1.165) is 11.3 Å². The summed E-state index contributed by atoms with van der Waals surface area (Å²) in [7, 11) is 0. The van der Waals surface area contributed by atoms with Crippen molar-refractivity contribution in [1.29, 1.82) is 0 Å². The molecule has 0 aliphatic rings. The van der Waals surface area contributed by atoms with Gasteiger partial charge in [-0.15, -0.1) is 0 Å². The van der Waals surface area contributed by atoms with Crippen molar-refractivity contribution in [1.82, 2.24) is 20.0 Å². The Labute approximate surface area is 152 Å². The molecule has 0 unspecified atom stereocenters. The number of carbonyl (C=O) groups excluding carboxylic acids is 1. The van der Waals surface area contributed by atoms with Crippen LogP contribution in [0.1, 0.15) is 21.7 Å². The Morgan fingerprint density at radius 2 is 2.04 bits per heavy atom. The van der Waals surface area contributed by atoms with Gasteiger partial charge in [-0.25, -0.2) is 0 Å². The van der Waals surface area contributed by atoms with Gasteiger partial charge in [0, 0.05) is 21.8 Å². The van der Waals surface area contributed by atoms with Crippen LogP contribution < -0.4 is 5.32 Å². The number of rotatable bonds is 4. The molecule has 3 rings (SSSR count). The minimum Gasteiger partial charge on any atom is -0.304 e. The molecule has 3 aromatic rings. The Bertz CT molecular complexity index is 902. The first-order valence-corrected chi connectivity index (χ1v) is 8.06. The molecule has 9 heteroatoms. The summed E-state index contributed by atoms with van der Waals surface area (Å²) in [6.07, 6.45) is 1.36. The van der Waals surface area contributed by atoms with Gasteiger partial charge in [-0.3, -0.25) is 14.6 Å². The van der Waals surface area contributed by atoms with Crippen molar-refractivity contribution >= 4 is 46.5 Å². The van der Waals surface area contributed by atoms with E-state index in [-0.39, 0.29) is 10.7 Å². The molecule has 0 radical (unpaired) electrons. The Kier molecular flexibility index (Phi) is 4.80. The average molecular weight is 385 g/mol. The Morgan fingerprint density at radius 3 is 2.71 bits per heavy atom. The molecule has 0 saturated carbocycles. The molecule has 0 bridgehead atoms. The van der Waals surface area contributed by atoms with E-state index in [1.54, 1.807) is 22.9 Å². The third-order valence-corrected chi connectivity index (χ3v) is 4.25. The van der Waals surface area contributed by atoms with Crippen LogP contribution in [0.25, 0.3) is 0 Å². The zero-order valence-corrected chi connectivity index (χ0v) is 14.7. The zero-order valence-electron chi connectivity index (χ0n) is 12.5. The molecule has 0 spiro atoms. The highest BCUT2D eigenvalue weighted by atomic mass is 35.5. The maximum Gasteiger partial charge on any atom is 0.276 e. The SMILES string of the molecule is Cc1cc(NC(=O)c2[nH]ncc2Cl)nn1Cc1ccc(Cl)cc1Cl. The lowest BCUT2D eigenvalue weighted by molar-refractivity contribution is 0.102. The summed E-state index contributed by atoms with van der Waals surface area (Å²) in [5.41, 5.74) is 1.93. The molecule has 1 amide bonds. The summed E-state index contributed by atoms with van der Waals surface area (Å²) in [6, 6.07) is 7.05. The second kappa shape index (κ2) is 6.84. The maximum absolute atomic E-state index is 12.1. The van der Waals surface area contributed by atoms with Crippen LogP contribution in [0.4, 0.5) is 5.82 Å². The van der Waals surface area contributed by atoms with Crippen LogP contribution in [0.2, 0.25) is 15.1 Å². The van der Waals surface area contributed by atoms with Crippen LogP contribution in [0, 0.1) is 6.92 Å². The van der Waals surface area contributed by atoms with E-state index in [4.69, 9.17) is 34.8 Å². The predicted molar refractivity (Wildman–Crippen MR) is 94.1 cm³/mol. The van der Waals surface area contributed by atoms with Gasteiger partial charge < -0.3 is 5.32 Å². The van der Waals surface area contributed by atoms with Gasteiger partial charge in [0.05, 0.1) is 17.8 Å². The predicted octanol–water partition coefficient (Wildman–Crippen LogP) is 4.18. The highest BCUT2D eigenvalue weighted by Crippen LogP contribution is 2.23. The Hall–Kier alpha value is -2.02. The number of aromatic nitrogens is 4. The first-order valence-electron chi connectivity index (χ1n) is 6.92. The van der Waals surface area contributed by atoms with E-state index in [1.165, 1.54) is 6.20 Å². The van der Waals surface area contributed by atoms with Crippen molar-refractivity contribution in [2.45, 2.75) is 13.5 Å². The monoisotopic (exact) mass is 383 g/mol. The van der Waals surface area contributed by atoms with Crippen LogP contribution >= 0.6 is 34.8 Å². The van der Waals surface area contributed by atoms with Gasteiger partial charge in [0.25, 0.3) is 5.91 Å². The zero-order chi connectivity index (χ0) is 17.3. The normalized spacial score (nSPS) is 10.8. The molecule has 0 atom stereocenters. The molecule has 124 valence electrons. The van der Waals surface area contributed by atoms with E-state index in [9.17, 15) is 4.79 Å². The lowest BCUT2D eigenvalue weighted by Gasteiger charge is -2.07. The first-order chi connectivity index (χ1) is 11.4. The van der Waals surface area contributed by atoms with Crippen molar-refractivity contribution in [3.8, 4) is 0 Å². The van der Waals surface area contributed by atoms with Crippen molar-refractivity contribution in [3.05, 3.63) is 62.5 Å². The molecular formula is C15H12Cl3N5O. The van der Waals surface area contributed by atoms with Gasteiger partial charge in [-0.1, -0.05) is 40.9 Å². The Morgan fingerprint density at radius 1 is 1.25 bits per heavy atom. The second-order valence-corrected chi connectivity index (χ2v) is 6.36.